The third-order valence-corrected chi connectivity index (χ3v) is 14.4. The number of rotatable bonds is 10. The van der Waals surface area contributed by atoms with Crippen LogP contribution in [0.15, 0.2) is 42.5 Å². The Morgan fingerprint density at radius 2 is 1.62 bits per heavy atom. The Hall–Kier alpha value is -1.18. The van der Waals surface area contributed by atoms with Gasteiger partial charge in [-0.05, 0) is 25.1 Å². The number of methoxy groups -OCH3 is 1. The van der Waals surface area contributed by atoms with Crippen LogP contribution in [0.1, 0.15) is 27.7 Å². The number of hydrogen-bond donors (Lipinski definition) is 0. The van der Waals surface area contributed by atoms with E-state index in [2.05, 4.69) is 70.3 Å². The zero-order valence-corrected chi connectivity index (χ0v) is 19.5. The molecule has 1 aromatic carbocycles. The van der Waals surface area contributed by atoms with Crippen LogP contribution in [0.25, 0.3) is 0 Å². The topological polar surface area (TPSA) is 35.5 Å². The highest BCUT2D eigenvalue weighted by Gasteiger charge is 2.45. The second-order valence-corrected chi connectivity index (χ2v) is 16.9. The van der Waals surface area contributed by atoms with E-state index in [0.29, 0.717) is 0 Å². The lowest BCUT2D eigenvalue weighted by Crippen LogP contribution is -2.54. The predicted octanol–water partition coefficient (Wildman–Crippen LogP) is 5.11. The number of ether oxygens (including phenoxy) is 1. The first-order valence-electron chi connectivity index (χ1n) is 9.75. The van der Waals surface area contributed by atoms with Crippen molar-refractivity contribution in [3.63, 3.8) is 0 Å². The van der Waals surface area contributed by atoms with Gasteiger partial charge in [0.15, 0.2) is 8.32 Å². The molecule has 5 heteroatoms. The molecule has 0 aliphatic heterocycles. The summed E-state index contributed by atoms with van der Waals surface area (Å²) in [5.74, 6) is -0.239. The molecule has 0 N–H and O–H groups in total. The van der Waals surface area contributed by atoms with Gasteiger partial charge in [0.05, 0.1) is 15.2 Å². The van der Waals surface area contributed by atoms with Crippen LogP contribution >= 0.6 is 0 Å². The summed E-state index contributed by atoms with van der Waals surface area (Å²) in [6.07, 6.45) is 3.69. The van der Waals surface area contributed by atoms with Crippen LogP contribution in [0.4, 0.5) is 0 Å². The number of benzene rings is 1. The highest BCUT2D eigenvalue weighted by Crippen LogP contribution is 2.34. The molecule has 0 aromatic heterocycles. The fraction of sp³-hybridized carbons (Fsp3) is 0.571. The SMILES string of the molecule is C/C=C/[C@H]([C@H](O[Si](CC)(CC)CC)C(=O)OC)[Si](C)(C)c1ccccc1. The van der Waals surface area contributed by atoms with Crippen molar-refractivity contribution in [2.45, 2.75) is 70.6 Å². The highest BCUT2D eigenvalue weighted by molar-refractivity contribution is 6.91. The maximum absolute atomic E-state index is 12.8. The molecule has 0 bridgehead atoms. The molecule has 3 nitrogen and oxygen atoms in total. The summed E-state index contributed by atoms with van der Waals surface area (Å²) in [7, 11) is -2.48. The quantitative estimate of drug-likeness (QED) is 0.315. The Balaban J connectivity index is 3.40. The summed E-state index contributed by atoms with van der Waals surface area (Å²) < 4.78 is 11.9. The van der Waals surface area contributed by atoms with E-state index in [0.717, 1.165) is 18.1 Å². The standard InChI is InChI=1S/C21H36O3Si2/c1-8-15-19(25(6,7)18-16-13-12-14-17-18)20(21(22)23-5)24-26(9-2,10-3)11-4/h8,12-17,19-20H,9-11H2,1-7H3/b15-8+/t19-,20+/m1/s1. The average molecular weight is 393 g/mol. The van der Waals surface area contributed by atoms with Gasteiger partial charge in [-0.15, -0.1) is 0 Å². The first-order valence-corrected chi connectivity index (χ1v) is 15.4. The van der Waals surface area contributed by atoms with E-state index in [-0.39, 0.29) is 11.5 Å². The Kier molecular flexibility index (Phi) is 9.00. The van der Waals surface area contributed by atoms with E-state index in [4.69, 9.17) is 9.16 Å². The molecule has 0 amide bonds. The zero-order valence-electron chi connectivity index (χ0n) is 17.5. The van der Waals surface area contributed by atoms with Gasteiger partial charge >= 0.3 is 5.97 Å². The Labute approximate surface area is 161 Å². The largest absolute Gasteiger partial charge is 0.467 e. The molecule has 0 radical (unpaired) electrons. The van der Waals surface area contributed by atoms with Crippen molar-refractivity contribution >= 4 is 27.5 Å². The zero-order chi connectivity index (χ0) is 19.8. The molecule has 1 rings (SSSR count). The fourth-order valence-electron chi connectivity index (χ4n) is 3.64. The Morgan fingerprint density at radius 1 is 1.08 bits per heavy atom. The monoisotopic (exact) mass is 392 g/mol. The summed E-state index contributed by atoms with van der Waals surface area (Å²) >= 11 is 0. The van der Waals surface area contributed by atoms with Crippen LogP contribution in [0, 0.1) is 0 Å². The molecule has 0 saturated carbocycles. The smallest absolute Gasteiger partial charge is 0.334 e. The van der Waals surface area contributed by atoms with Gasteiger partial charge in [-0.2, -0.15) is 0 Å². The molecule has 26 heavy (non-hydrogen) atoms. The summed E-state index contributed by atoms with van der Waals surface area (Å²) in [4.78, 5) is 12.8. The van der Waals surface area contributed by atoms with E-state index in [1.54, 1.807) is 0 Å². The van der Waals surface area contributed by atoms with Crippen molar-refractivity contribution in [1.29, 1.82) is 0 Å². The van der Waals surface area contributed by atoms with E-state index in [1.165, 1.54) is 12.3 Å². The molecule has 0 fully saturated rings. The lowest BCUT2D eigenvalue weighted by Gasteiger charge is -2.40. The maximum Gasteiger partial charge on any atom is 0.334 e. The van der Waals surface area contributed by atoms with Crippen molar-refractivity contribution in [1.82, 2.24) is 0 Å². The van der Waals surface area contributed by atoms with E-state index < -0.39 is 22.5 Å². The summed E-state index contributed by atoms with van der Waals surface area (Å²) in [5.41, 5.74) is 0.0406. The summed E-state index contributed by atoms with van der Waals surface area (Å²) in [5, 5.41) is 1.33. The lowest BCUT2D eigenvalue weighted by molar-refractivity contribution is -0.149. The number of carbonyl (C=O) groups excluding carboxylic acids is 1. The van der Waals surface area contributed by atoms with Crippen molar-refractivity contribution in [2.75, 3.05) is 7.11 Å². The lowest BCUT2D eigenvalue weighted by atomic mass is 10.2. The van der Waals surface area contributed by atoms with Gasteiger partial charge in [-0.25, -0.2) is 4.79 Å². The van der Waals surface area contributed by atoms with Crippen LogP contribution in [-0.2, 0) is 14.0 Å². The van der Waals surface area contributed by atoms with Crippen LogP contribution < -0.4 is 5.19 Å². The van der Waals surface area contributed by atoms with Crippen molar-refractivity contribution < 1.29 is 14.0 Å². The minimum atomic E-state index is -2.00. The van der Waals surface area contributed by atoms with Crippen LogP contribution in [0.3, 0.4) is 0 Å². The van der Waals surface area contributed by atoms with Gasteiger partial charge in [0.25, 0.3) is 0 Å². The van der Waals surface area contributed by atoms with E-state index in [9.17, 15) is 4.79 Å². The number of esters is 1. The van der Waals surface area contributed by atoms with E-state index in [1.807, 2.05) is 13.0 Å². The molecule has 146 valence electrons. The van der Waals surface area contributed by atoms with Gasteiger partial charge in [0.1, 0.15) is 6.10 Å². The number of hydrogen-bond acceptors (Lipinski definition) is 3. The number of allylic oxidation sites excluding steroid dienone is 1. The molecule has 0 aliphatic rings. The average Bonchev–Trinajstić information content (AvgIpc) is 2.68. The molecule has 0 spiro atoms. The molecular weight excluding hydrogens is 356 g/mol. The van der Waals surface area contributed by atoms with Gasteiger partial charge in [-0.3, -0.25) is 0 Å². The Bertz CT molecular complexity index is 572. The molecule has 0 saturated heterocycles. The van der Waals surface area contributed by atoms with Gasteiger partial charge in [0, 0.05) is 5.54 Å². The number of carbonyl (C=O) groups is 1. The summed E-state index contributed by atoms with van der Waals surface area (Å²) in [6, 6.07) is 13.6. The third kappa shape index (κ3) is 5.18. The second kappa shape index (κ2) is 10.2. The molecular formula is C21H36O3Si2. The normalized spacial score (nSPS) is 15.0. The van der Waals surface area contributed by atoms with Crippen molar-refractivity contribution in [3.8, 4) is 0 Å². The van der Waals surface area contributed by atoms with Crippen LogP contribution in [0.5, 0.6) is 0 Å². The first kappa shape index (κ1) is 22.9. The molecule has 0 unspecified atom stereocenters. The molecule has 0 aliphatic carbocycles. The molecule has 1 aromatic rings. The maximum atomic E-state index is 12.8. The predicted molar refractivity (Wildman–Crippen MR) is 116 cm³/mol. The van der Waals surface area contributed by atoms with E-state index >= 15 is 0 Å². The second-order valence-electron chi connectivity index (χ2n) is 7.44. The summed E-state index contributed by atoms with van der Waals surface area (Å²) in [6.45, 7) is 13.2. The first-order chi connectivity index (χ1) is 12.3. The van der Waals surface area contributed by atoms with Crippen LogP contribution in [-0.4, -0.2) is 35.6 Å². The fourth-order valence-corrected chi connectivity index (χ4v) is 9.63. The van der Waals surface area contributed by atoms with Gasteiger partial charge < -0.3 is 9.16 Å². The van der Waals surface area contributed by atoms with Gasteiger partial charge in [0.2, 0.25) is 0 Å². The van der Waals surface area contributed by atoms with Gasteiger partial charge in [-0.1, -0.05) is 81.5 Å². The van der Waals surface area contributed by atoms with Crippen LogP contribution in [0.2, 0.25) is 36.8 Å². The third-order valence-electron chi connectivity index (χ3n) is 5.82. The minimum absolute atomic E-state index is 0.0406. The van der Waals surface area contributed by atoms with Crippen molar-refractivity contribution in [2.24, 2.45) is 0 Å². The Morgan fingerprint density at radius 3 is 2.04 bits per heavy atom. The molecule has 2 atom stereocenters. The molecule has 0 heterocycles. The van der Waals surface area contributed by atoms with Crippen molar-refractivity contribution in [3.05, 3.63) is 42.5 Å². The minimum Gasteiger partial charge on any atom is -0.467 e. The highest BCUT2D eigenvalue weighted by atomic mass is 28.4.